The minimum absolute atomic E-state index is 0.00557. The zero-order chi connectivity index (χ0) is 21.8. The lowest BCUT2D eigenvalue weighted by molar-refractivity contribution is -0.112. The lowest BCUT2D eigenvalue weighted by Crippen LogP contribution is -2.48. The van der Waals surface area contributed by atoms with Crippen molar-refractivity contribution in [2.75, 3.05) is 48.8 Å². The number of para-hydroxylation sites is 1. The van der Waals surface area contributed by atoms with Gasteiger partial charge in [-0.2, -0.15) is 0 Å². The number of allylic oxidation sites excluding steroid dienone is 1. The van der Waals surface area contributed by atoms with Crippen LogP contribution in [0.25, 0.3) is 0 Å². The molecule has 0 unspecified atom stereocenters. The second-order valence-electron chi connectivity index (χ2n) is 7.68. The number of carbonyl (C=O) groups is 2. The van der Waals surface area contributed by atoms with E-state index in [0.29, 0.717) is 41.6 Å². The molecule has 7 heteroatoms. The van der Waals surface area contributed by atoms with Crippen LogP contribution in [-0.2, 0) is 9.53 Å². The monoisotopic (exact) mass is 437 g/mol. The van der Waals surface area contributed by atoms with Crippen molar-refractivity contribution in [2.24, 2.45) is 0 Å². The van der Waals surface area contributed by atoms with E-state index in [2.05, 4.69) is 22.3 Å². The third kappa shape index (κ3) is 4.88. The van der Waals surface area contributed by atoms with Crippen LogP contribution < -0.4 is 10.2 Å². The van der Waals surface area contributed by atoms with Gasteiger partial charge in [0, 0.05) is 48.9 Å². The van der Waals surface area contributed by atoms with Gasteiger partial charge in [0.25, 0.3) is 11.8 Å². The standard InChI is InChI=1S/C24H27N3O3S/c1-17-8-9-19(16-21(17)25-23(28)22-18(2)30-14-15-31-22)24(29)27-12-10-26(11-13-27)20-6-4-3-5-7-20/h3-9,16H,10-15H2,1-2H3,(H,25,28). The summed E-state index contributed by atoms with van der Waals surface area (Å²) in [5.41, 5.74) is 3.35. The Labute approximate surface area is 187 Å². The van der Waals surface area contributed by atoms with Crippen LogP contribution in [0.3, 0.4) is 0 Å². The molecule has 1 saturated heterocycles. The van der Waals surface area contributed by atoms with Gasteiger partial charge in [-0.1, -0.05) is 24.3 Å². The minimum atomic E-state index is -0.189. The molecule has 0 aliphatic carbocycles. The summed E-state index contributed by atoms with van der Waals surface area (Å²) >= 11 is 1.50. The van der Waals surface area contributed by atoms with Crippen LogP contribution in [0.2, 0.25) is 0 Å². The van der Waals surface area contributed by atoms with Crippen molar-refractivity contribution in [3.8, 4) is 0 Å². The molecule has 0 radical (unpaired) electrons. The van der Waals surface area contributed by atoms with Gasteiger partial charge in [0.1, 0.15) is 10.7 Å². The van der Waals surface area contributed by atoms with Gasteiger partial charge in [-0.05, 0) is 43.7 Å². The zero-order valence-corrected chi connectivity index (χ0v) is 18.7. The highest BCUT2D eigenvalue weighted by molar-refractivity contribution is 8.04. The molecule has 162 valence electrons. The molecular formula is C24H27N3O3S. The summed E-state index contributed by atoms with van der Waals surface area (Å²) in [4.78, 5) is 30.6. The van der Waals surface area contributed by atoms with Crippen molar-refractivity contribution in [1.82, 2.24) is 4.90 Å². The molecule has 2 aromatic carbocycles. The Morgan fingerprint density at radius 2 is 1.74 bits per heavy atom. The third-order valence-corrected chi connectivity index (χ3v) is 6.73. The number of rotatable bonds is 4. The summed E-state index contributed by atoms with van der Waals surface area (Å²) in [6, 6.07) is 15.8. The van der Waals surface area contributed by atoms with Crippen LogP contribution in [0.4, 0.5) is 11.4 Å². The number of nitrogens with one attached hydrogen (secondary N) is 1. The molecule has 0 bridgehead atoms. The van der Waals surface area contributed by atoms with Crippen molar-refractivity contribution in [1.29, 1.82) is 0 Å². The molecule has 4 rings (SSSR count). The van der Waals surface area contributed by atoms with Gasteiger partial charge >= 0.3 is 0 Å². The number of piperazine rings is 1. The average Bonchev–Trinajstić information content (AvgIpc) is 2.81. The molecule has 2 aliphatic rings. The highest BCUT2D eigenvalue weighted by Crippen LogP contribution is 2.28. The molecule has 0 atom stereocenters. The Morgan fingerprint density at radius 1 is 1.00 bits per heavy atom. The van der Waals surface area contributed by atoms with Crippen molar-refractivity contribution in [2.45, 2.75) is 13.8 Å². The van der Waals surface area contributed by atoms with Crippen molar-refractivity contribution >= 4 is 35.0 Å². The Kier molecular flexibility index (Phi) is 6.51. The van der Waals surface area contributed by atoms with Gasteiger partial charge < -0.3 is 19.9 Å². The van der Waals surface area contributed by atoms with Gasteiger partial charge in [-0.3, -0.25) is 9.59 Å². The highest BCUT2D eigenvalue weighted by Gasteiger charge is 2.24. The van der Waals surface area contributed by atoms with E-state index < -0.39 is 0 Å². The number of carbonyl (C=O) groups excluding carboxylic acids is 2. The quantitative estimate of drug-likeness (QED) is 0.786. The SMILES string of the molecule is CC1=C(C(=O)Nc2cc(C(=O)N3CCN(c4ccccc4)CC3)ccc2C)SCCO1. The normalized spacial score (nSPS) is 16.7. The highest BCUT2D eigenvalue weighted by atomic mass is 32.2. The van der Waals surface area contributed by atoms with Gasteiger partial charge in [-0.25, -0.2) is 0 Å². The fraction of sp³-hybridized carbons (Fsp3) is 0.333. The second kappa shape index (κ2) is 9.47. The predicted octanol–water partition coefficient (Wildman–Crippen LogP) is 3.89. The molecule has 0 spiro atoms. The maximum atomic E-state index is 13.1. The molecule has 2 heterocycles. The molecule has 2 amide bonds. The Hall–Kier alpha value is -2.93. The molecule has 2 aliphatic heterocycles. The van der Waals surface area contributed by atoms with Crippen molar-refractivity contribution in [3.63, 3.8) is 0 Å². The minimum Gasteiger partial charge on any atom is -0.496 e. The number of benzene rings is 2. The first-order valence-electron chi connectivity index (χ1n) is 10.5. The third-order valence-electron chi connectivity index (χ3n) is 5.60. The maximum Gasteiger partial charge on any atom is 0.265 e. The fourth-order valence-electron chi connectivity index (χ4n) is 3.79. The van der Waals surface area contributed by atoms with E-state index in [-0.39, 0.29) is 11.8 Å². The molecular weight excluding hydrogens is 410 g/mol. The van der Waals surface area contributed by atoms with Crippen LogP contribution in [0.1, 0.15) is 22.8 Å². The van der Waals surface area contributed by atoms with Crippen molar-refractivity contribution in [3.05, 3.63) is 70.3 Å². The summed E-state index contributed by atoms with van der Waals surface area (Å²) in [6.45, 7) is 7.30. The van der Waals surface area contributed by atoms with E-state index in [1.807, 2.05) is 49.1 Å². The van der Waals surface area contributed by atoms with Gasteiger partial charge in [0.15, 0.2) is 0 Å². The molecule has 1 fully saturated rings. The smallest absolute Gasteiger partial charge is 0.265 e. The number of hydrogen-bond acceptors (Lipinski definition) is 5. The van der Waals surface area contributed by atoms with Crippen LogP contribution in [0, 0.1) is 6.92 Å². The van der Waals surface area contributed by atoms with Crippen LogP contribution in [0.15, 0.2) is 59.2 Å². The van der Waals surface area contributed by atoms with E-state index in [1.165, 1.54) is 17.4 Å². The lowest BCUT2D eigenvalue weighted by atomic mass is 10.1. The molecule has 6 nitrogen and oxygen atoms in total. The van der Waals surface area contributed by atoms with E-state index in [4.69, 9.17) is 4.74 Å². The Bertz CT molecular complexity index is 998. The molecule has 1 N–H and O–H groups in total. The zero-order valence-electron chi connectivity index (χ0n) is 17.9. The number of amides is 2. The van der Waals surface area contributed by atoms with Gasteiger partial charge in [0.05, 0.1) is 6.61 Å². The number of thioether (sulfide) groups is 1. The Morgan fingerprint density at radius 3 is 2.45 bits per heavy atom. The predicted molar refractivity (Wildman–Crippen MR) is 125 cm³/mol. The van der Waals surface area contributed by atoms with Gasteiger partial charge in [-0.15, -0.1) is 11.8 Å². The average molecular weight is 438 g/mol. The number of aryl methyl sites for hydroxylation is 1. The molecule has 31 heavy (non-hydrogen) atoms. The fourth-order valence-corrected chi connectivity index (χ4v) is 4.60. The molecule has 0 saturated carbocycles. The summed E-state index contributed by atoms with van der Waals surface area (Å²) in [7, 11) is 0. The number of anilines is 2. The van der Waals surface area contributed by atoms with Gasteiger partial charge in [0.2, 0.25) is 0 Å². The second-order valence-corrected chi connectivity index (χ2v) is 8.79. The number of nitrogens with zero attached hydrogens (tertiary/aromatic N) is 2. The number of ether oxygens (including phenoxy) is 1. The topological polar surface area (TPSA) is 61.9 Å². The first kappa shape index (κ1) is 21.3. The van der Waals surface area contributed by atoms with Crippen LogP contribution in [0.5, 0.6) is 0 Å². The first-order chi connectivity index (χ1) is 15.0. The number of hydrogen-bond donors (Lipinski definition) is 1. The largest absolute Gasteiger partial charge is 0.496 e. The Balaban J connectivity index is 1.43. The summed E-state index contributed by atoms with van der Waals surface area (Å²) in [5, 5.41) is 2.96. The van der Waals surface area contributed by atoms with E-state index >= 15 is 0 Å². The first-order valence-corrected chi connectivity index (χ1v) is 11.5. The lowest BCUT2D eigenvalue weighted by Gasteiger charge is -2.36. The molecule has 0 aromatic heterocycles. The summed E-state index contributed by atoms with van der Waals surface area (Å²) < 4.78 is 5.49. The van der Waals surface area contributed by atoms with Crippen LogP contribution in [-0.4, -0.2) is 55.3 Å². The van der Waals surface area contributed by atoms with E-state index in [9.17, 15) is 9.59 Å². The van der Waals surface area contributed by atoms with E-state index in [1.54, 1.807) is 6.07 Å². The molecule has 2 aromatic rings. The van der Waals surface area contributed by atoms with E-state index in [0.717, 1.165) is 24.4 Å². The summed E-state index contributed by atoms with van der Waals surface area (Å²) in [5.74, 6) is 1.21. The maximum absolute atomic E-state index is 13.1. The summed E-state index contributed by atoms with van der Waals surface area (Å²) in [6.07, 6.45) is 0. The van der Waals surface area contributed by atoms with Crippen molar-refractivity contribution < 1.29 is 14.3 Å². The van der Waals surface area contributed by atoms with Crippen LogP contribution >= 0.6 is 11.8 Å².